The van der Waals surface area contributed by atoms with Crippen LogP contribution in [0.15, 0.2) is 48.5 Å². The van der Waals surface area contributed by atoms with Gasteiger partial charge in [-0.3, -0.25) is 19.2 Å². The van der Waals surface area contributed by atoms with E-state index in [2.05, 4.69) is 10.6 Å². The van der Waals surface area contributed by atoms with Gasteiger partial charge >= 0.3 is 11.9 Å². The number of ether oxygens (including phenoxy) is 2. The summed E-state index contributed by atoms with van der Waals surface area (Å²) in [5, 5.41) is 5.60. The molecule has 2 aliphatic heterocycles. The van der Waals surface area contributed by atoms with Gasteiger partial charge in [-0.15, -0.1) is 0 Å². The zero-order valence-electron chi connectivity index (χ0n) is 16.2. The van der Waals surface area contributed by atoms with Crippen molar-refractivity contribution in [3.63, 3.8) is 0 Å². The number of nitrogens with one attached hydrogen (secondary N) is 2. The first-order chi connectivity index (χ1) is 14.5. The lowest BCUT2D eigenvalue weighted by Gasteiger charge is -2.61. The molecule has 152 valence electrons. The molecule has 3 aliphatic rings. The number of para-hydroxylation sites is 2. The molecule has 0 unspecified atom stereocenters. The van der Waals surface area contributed by atoms with Gasteiger partial charge in [0.25, 0.3) is 0 Å². The Hall–Kier alpha value is -3.68. The Bertz CT molecular complexity index is 1050. The van der Waals surface area contributed by atoms with E-state index in [1.807, 2.05) is 0 Å². The van der Waals surface area contributed by atoms with Gasteiger partial charge in [-0.1, -0.05) is 36.4 Å². The molecule has 1 aliphatic carbocycles. The molecule has 30 heavy (non-hydrogen) atoms. The van der Waals surface area contributed by atoms with Gasteiger partial charge in [0, 0.05) is 11.4 Å². The standard InChI is InChI=1S/C22H18N2O6/c1-29-17(25)15-16(18(26)30-2)22(12-8-4-6-10-14(12)24-20(22)28)21(15)11-7-3-5-9-13(11)23-19(21)27/h3-10,15-16H,1-2H3,(H,23,27)(H,24,28)/t15-,16-,21+,22+/m0/s1. The number of carbonyl (C=O) groups is 4. The SMILES string of the molecule is COC(=O)[C@@H]1[C@@H](C(=O)OC)[C@]2(C(=O)Nc3ccccc32)[C@@]12C(=O)Nc1ccccc12. The summed E-state index contributed by atoms with van der Waals surface area (Å²) in [7, 11) is 2.38. The molecule has 8 nitrogen and oxygen atoms in total. The molecule has 4 atom stereocenters. The van der Waals surface area contributed by atoms with Crippen LogP contribution in [0.2, 0.25) is 0 Å². The van der Waals surface area contributed by atoms with E-state index in [9.17, 15) is 19.2 Å². The number of benzene rings is 2. The van der Waals surface area contributed by atoms with Gasteiger partial charge < -0.3 is 20.1 Å². The summed E-state index contributed by atoms with van der Waals surface area (Å²) >= 11 is 0. The molecular formula is C22H18N2O6. The van der Waals surface area contributed by atoms with Crippen LogP contribution in [0.1, 0.15) is 11.1 Å². The summed E-state index contributed by atoms with van der Waals surface area (Å²) in [5.41, 5.74) is -1.33. The first-order valence-electron chi connectivity index (χ1n) is 9.43. The second kappa shape index (κ2) is 5.91. The van der Waals surface area contributed by atoms with Crippen LogP contribution in [0.4, 0.5) is 11.4 Å². The lowest BCUT2D eigenvalue weighted by Crippen LogP contribution is -2.79. The summed E-state index contributed by atoms with van der Waals surface area (Å²) < 4.78 is 9.99. The fourth-order valence-corrected chi connectivity index (χ4v) is 5.73. The van der Waals surface area contributed by atoms with Crippen molar-refractivity contribution in [3.05, 3.63) is 59.7 Å². The normalized spacial score (nSPS) is 30.2. The Balaban J connectivity index is 1.91. The monoisotopic (exact) mass is 406 g/mol. The smallest absolute Gasteiger partial charge is 0.311 e. The minimum atomic E-state index is -1.65. The minimum absolute atomic E-state index is 0.484. The molecule has 0 bridgehead atoms. The second-order valence-electron chi connectivity index (χ2n) is 7.62. The fourth-order valence-electron chi connectivity index (χ4n) is 5.73. The van der Waals surface area contributed by atoms with Crippen molar-refractivity contribution in [2.24, 2.45) is 11.8 Å². The molecule has 8 heteroatoms. The molecule has 0 saturated heterocycles. The number of methoxy groups -OCH3 is 2. The maximum absolute atomic E-state index is 13.6. The Morgan fingerprint density at radius 2 is 1.10 bits per heavy atom. The minimum Gasteiger partial charge on any atom is -0.469 e. The zero-order valence-corrected chi connectivity index (χ0v) is 16.2. The number of esters is 2. The van der Waals surface area contributed by atoms with Crippen LogP contribution in [-0.2, 0) is 39.5 Å². The van der Waals surface area contributed by atoms with Crippen molar-refractivity contribution < 1.29 is 28.7 Å². The number of hydrogen-bond donors (Lipinski definition) is 2. The molecule has 0 radical (unpaired) electrons. The maximum Gasteiger partial charge on any atom is 0.311 e. The number of fused-ring (bicyclic) bond motifs is 5. The number of hydrogen-bond acceptors (Lipinski definition) is 6. The van der Waals surface area contributed by atoms with Crippen molar-refractivity contribution in [1.29, 1.82) is 0 Å². The van der Waals surface area contributed by atoms with E-state index >= 15 is 0 Å². The maximum atomic E-state index is 13.6. The van der Waals surface area contributed by atoms with E-state index in [-0.39, 0.29) is 0 Å². The number of amides is 2. The topological polar surface area (TPSA) is 111 Å². The average molecular weight is 406 g/mol. The second-order valence-corrected chi connectivity index (χ2v) is 7.62. The number of rotatable bonds is 2. The van der Waals surface area contributed by atoms with E-state index in [1.165, 1.54) is 14.2 Å². The van der Waals surface area contributed by atoms with Crippen LogP contribution in [0.5, 0.6) is 0 Å². The summed E-state index contributed by atoms with van der Waals surface area (Å²) in [5.74, 6) is -5.00. The number of anilines is 2. The van der Waals surface area contributed by atoms with Gasteiger partial charge in [-0.2, -0.15) is 0 Å². The Morgan fingerprint density at radius 3 is 1.47 bits per heavy atom. The van der Waals surface area contributed by atoms with E-state index in [0.29, 0.717) is 22.5 Å². The molecule has 5 rings (SSSR count). The third-order valence-electron chi connectivity index (χ3n) is 6.72. The van der Waals surface area contributed by atoms with Crippen molar-refractivity contribution in [2.45, 2.75) is 10.8 Å². The Morgan fingerprint density at radius 1 is 0.733 bits per heavy atom. The largest absolute Gasteiger partial charge is 0.469 e. The van der Waals surface area contributed by atoms with Gasteiger partial charge in [-0.25, -0.2) is 0 Å². The molecule has 2 heterocycles. The lowest BCUT2D eigenvalue weighted by atomic mass is 9.34. The van der Waals surface area contributed by atoms with Crippen LogP contribution in [-0.4, -0.2) is 38.0 Å². The van der Waals surface area contributed by atoms with Gasteiger partial charge in [0.05, 0.1) is 26.1 Å². The van der Waals surface area contributed by atoms with Crippen molar-refractivity contribution in [1.82, 2.24) is 0 Å². The highest BCUT2D eigenvalue weighted by Gasteiger charge is 2.87. The molecule has 2 aromatic carbocycles. The predicted octanol–water partition coefficient (Wildman–Crippen LogP) is 1.36. The number of carbonyl (C=O) groups excluding carboxylic acids is 4. The highest BCUT2D eigenvalue weighted by atomic mass is 16.5. The van der Waals surface area contributed by atoms with E-state index < -0.39 is 46.4 Å². The lowest BCUT2D eigenvalue weighted by molar-refractivity contribution is -0.191. The molecule has 1 saturated carbocycles. The average Bonchev–Trinajstić information content (AvgIpc) is 3.23. The molecule has 2 amide bonds. The zero-order chi connectivity index (χ0) is 21.3. The van der Waals surface area contributed by atoms with E-state index in [4.69, 9.17) is 9.47 Å². The van der Waals surface area contributed by atoms with Gasteiger partial charge in [-0.05, 0) is 23.3 Å². The van der Waals surface area contributed by atoms with Crippen LogP contribution >= 0.6 is 0 Å². The quantitative estimate of drug-likeness (QED) is 0.729. The van der Waals surface area contributed by atoms with E-state index in [0.717, 1.165) is 0 Å². The Kier molecular flexibility index (Phi) is 3.62. The Labute approximate surface area is 171 Å². The molecule has 2 N–H and O–H groups in total. The van der Waals surface area contributed by atoms with Crippen LogP contribution < -0.4 is 10.6 Å². The predicted molar refractivity (Wildman–Crippen MR) is 105 cm³/mol. The van der Waals surface area contributed by atoms with Gasteiger partial charge in [0.1, 0.15) is 10.8 Å². The third-order valence-corrected chi connectivity index (χ3v) is 6.72. The highest BCUT2D eigenvalue weighted by molar-refractivity contribution is 6.23. The van der Waals surface area contributed by atoms with E-state index in [1.54, 1.807) is 48.5 Å². The van der Waals surface area contributed by atoms with Gasteiger partial charge in [0.15, 0.2) is 0 Å². The van der Waals surface area contributed by atoms with Gasteiger partial charge in [0.2, 0.25) is 11.8 Å². The highest BCUT2D eigenvalue weighted by Crippen LogP contribution is 2.72. The summed E-state index contributed by atoms with van der Waals surface area (Å²) in [4.78, 5) is 53.1. The molecular weight excluding hydrogens is 388 g/mol. The molecule has 2 aromatic rings. The van der Waals surface area contributed by atoms with Crippen LogP contribution in [0.3, 0.4) is 0 Å². The molecule has 1 fully saturated rings. The summed E-state index contributed by atoms with van der Waals surface area (Å²) in [6.07, 6.45) is 0. The molecule has 0 aromatic heterocycles. The summed E-state index contributed by atoms with van der Waals surface area (Å²) in [6.45, 7) is 0. The first-order valence-corrected chi connectivity index (χ1v) is 9.43. The van der Waals surface area contributed by atoms with Crippen molar-refractivity contribution in [2.75, 3.05) is 24.9 Å². The molecule has 2 spiro atoms. The fraction of sp³-hybridized carbons (Fsp3) is 0.273. The van der Waals surface area contributed by atoms with Crippen LogP contribution in [0.25, 0.3) is 0 Å². The third kappa shape index (κ3) is 1.73. The first kappa shape index (κ1) is 18.4. The van der Waals surface area contributed by atoms with Crippen molar-refractivity contribution >= 4 is 35.1 Å². The van der Waals surface area contributed by atoms with Crippen molar-refractivity contribution in [3.8, 4) is 0 Å². The summed E-state index contributed by atoms with van der Waals surface area (Å²) in [6, 6.07) is 13.8. The van der Waals surface area contributed by atoms with Crippen LogP contribution in [0, 0.1) is 11.8 Å².